The van der Waals surface area contributed by atoms with Crippen LogP contribution in [0.5, 0.6) is 0 Å². The highest BCUT2D eigenvalue weighted by Crippen LogP contribution is 2.30. The summed E-state index contributed by atoms with van der Waals surface area (Å²) in [5.74, 6) is -0.00297. The molecule has 0 radical (unpaired) electrons. The third kappa shape index (κ3) is 5.51. The molecule has 0 saturated carbocycles. The molecule has 7 heteroatoms. The molecule has 0 atom stereocenters. The van der Waals surface area contributed by atoms with Crippen molar-refractivity contribution in [3.63, 3.8) is 0 Å². The molecule has 0 bridgehead atoms. The van der Waals surface area contributed by atoms with E-state index in [2.05, 4.69) is 11.6 Å². The molecule has 0 spiro atoms. The Morgan fingerprint density at radius 2 is 1.75 bits per heavy atom. The topological polar surface area (TPSA) is 85.6 Å². The van der Waals surface area contributed by atoms with Gasteiger partial charge in [-0.3, -0.25) is 4.72 Å². The molecule has 172 valence electrons. The molecule has 3 rings (SSSR count). The summed E-state index contributed by atoms with van der Waals surface area (Å²) in [5, 5.41) is 0.527. The van der Waals surface area contributed by atoms with Crippen LogP contribution in [0.3, 0.4) is 0 Å². The first-order valence-electron chi connectivity index (χ1n) is 11.0. The molecule has 0 aliphatic heterocycles. The van der Waals surface area contributed by atoms with Crippen LogP contribution in [0.15, 0.2) is 45.7 Å². The molecule has 0 fully saturated rings. The van der Waals surface area contributed by atoms with Crippen molar-refractivity contribution in [2.24, 2.45) is 0 Å². The van der Waals surface area contributed by atoms with Crippen molar-refractivity contribution < 1.29 is 22.4 Å². The highest BCUT2D eigenvalue weighted by Gasteiger charge is 2.22. The number of nitrogens with one attached hydrogen (secondary N) is 1. The van der Waals surface area contributed by atoms with E-state index >= 15 is 0 Å². The minimum Gasteiger partial charge on any atom is -0.462 e. The number of hydrogen-bond acceptors (Lipinski definition) is 5. The van der Waals surface area contributed by atoms with Crippen LogP contribution >= 0.6 is 0 Å². The summed E-state index contributed by atoms with van der Waals surface area (Å²) in [7, 11) is -3.78. The molecule has 0 unspecified atom stereocenters. The monoisotopic (exact) mass is 457 g/mol. The smallest absolute Gasteiger partial charge is 0.342 e. The molecule has 0 aliphatic rings. The van der Waals surface area contributed by atoms with Crippen LogP contribution in [-0.4, -0.2) is 21.0 Å². The first kappa shape index (κ1) is 23.9. The number of benzene rings is 2. The van der Waals surface area contributed by atoms with Crippen LogP contribution in [0.25, 0.3) is 11.0 Å². The van der Waals surface area contributed by atoms with Gasteiger partial charge >= 0.3 is 5.97 Å². The van der Waals surface area contributed by atoms with Crippen molar-refractivity contribution in [2.45, 2.75) is 64.7 Å². The molecule has 0 saturated heterocycles. The van der Waals surface area contributed by atoms with Crippen LogP contribution in [-0.2, 0) is 14.8 Å². The number of fused-ring (bicyclic) bond motifs is 1. The normalized spacial score (nSPS) is 11.6. The van der Waals surface area contributed by atoms with Crippen LogP contribution in [0.4, 0.5) is 5.69 Å². The van der Waals surface area contributed by atoms with Crippen LogP contribution in [0, 0.1) is 20.8 Å². The molecule has 1 aromatic heterocycles. The Balaban J connectivity index is 1.81. The Bertz CT molecular complexity index is 1210. The van der Waals surface area contributed by atoms with Crippen molar-refractivity contribution in [2.75, 3.05) is 11.3 Å². The number of esters is 1. The minimum absolute atomic E-state index is 0.226. The van der Waals surface area contributed by atoms with Crippen molar-refractivity contribution >= 4 is 32.6 Å². The van der Waals surface area contributed by atoms with Gasteiger partial charge in [0.1, 0.15) is 16.9 Å². The summed E-state index contributed by atoms with van der Waals surface area (Å²) >= 11 is 0. The van der Waals surface area contributed by atoms with E-state index in [1.165, 1.54) is 6.42 Å². The van der Waals surface area contributed by atoms with E-state index in [4.69, 9.17) is 9.15 Å². The van der Waals surface area contributed by atoms with Crippen molar-refractivity contribution in [3.05, 3.63) is 58.8 Å². The lowest BCUT2D eigenvalue weighted by molar-refractivity contribution is 0.0497. The van der Waals surface area contributed by atoms with Gasteiger partial charge in [-0.1, -0.05) is 44.7 Å². The summed E-state index contributed by atoms with van der Waals surface area (Å²) < 4.78 is 39.7. The fourth-order valence-electron chi connectivity index (χ4n) is 3.69. The zero-order chi connectivity index (χ0) is 23.3. The maximum Gasteiger partial charge on any atom is 0.342 e. The van der Waals surface area contributed by atoms with E-state index < -0.39 is 16.0 Å². The number of furan rings is 1. The van der Waals surface area contributed by atoms with Crippen LogP contribution in [0.1, 0.15) is 66.3 Å². The Morgan fingerprint density at radius 1 is 1.00 bits per heavy atom. The lowest BCUT2D eigenvalue weighted by Crippen LogP contribution is -2.14. The average Bonchev–Trinajstić information content (AvgIpc) is 3.07. The van der Waals surface area contributed by atoms with E-state index in [9.17, 15) is 13.2 Å². The van der Waals surface area contributed by atoms with Gasteiger partial charge in [-0.15, -0.1) is 0 Å². The fraction of sp³-hybridized carbons (Fsp3) is 0.400. The predicted octanol–water partition coefficient (Wildman–Crippen LogP) is 6.29. The zero-order valence-electron chi connectivity index (χ0n) is 19.2. The highest BCUT2D eigenvalue weighted by atomic mass is 32.2. The number of anilines is 1. The number of ether oxygens (including phenoxy) is 1. The molecule has 6 nitrogen and oxygen atoms in total. The van der Waals surface area contributed by atoms with Gasteiger partial charge in [-0.2, -0.15) is 0 Å². The lowest BCUT2D eigenvalue weighted by Gasteiger charge is -2.11. The maximum absolute atomic E-state index is 13.0. The second kappa shape index (κ2) is 10.2. The first-order chi connectivity index (χ1) is 15.2. The van der Waals surface area contributed by atoms with Gasteiger partial charge in [0.05, 0.1) is 11.5 Å². The quantitative estimate of drug-likeness (QED) is 0.286. The number of sulfonamides is 1. The second-order valence-corrected chi connectivity index (χ2v) is 9.82. The molecule has 1 N–H and O–H groups in total. The number of unbranched alkanes of at least 4 members (excludes halogenated alkanes) is 4. The first-order valence-corrected chi connectivity index (χ1v) is 12.5. The molecular weight excluding hydrogens is 426 g/mol. The minimum atomic E-state index is -3.78. The van der Waals surface area contributed by atoms with Gasteiger partial charge in [-0.05, 0) is 62.6 Å². The van der Waals surface area contributed by atoms with E-state index in [0.29, 0.717) is 40.2 Å². The Hall–Kier alpha value is -2.80. The van der Waals surface area contributed by atoms with Gasteiger partial charge in [0.2, 0.25) is 0 Å². The average molecular weight is 458 g/mol. The number of carbonyl (C=O) groups is 1. The lowest BCUT2D eigenvalue weighted by atomic mass is 10.1. The number of aryl methyl sites for hydroxylation is 3. The molecule has 0 aliphatic carbocycles. The largest absolute Gasteiger partial charge is 0.462 e. The van der Waals surface area contributed by atoms with Gasteiger partial charge in [0.15, 0.2) is 0 Å². The summed E-state index contributed by atoms with van der Waals surface area (Å²) in [6.45, 7) is 7.82. The van der Waals surface area contributed by atoms with Crippen molar-refractivity contribution in [3.8, 4) is 0 Å². The SMILES string of the molecule is CCCCCCCOC(=O)c1c(C)oc2ccc(NS(=O)(=O)c3cc(C)ccc3C)cc12. The van der Waals surface area contributed by atoms with Gasteiger partial charge in [0.25, 0.3) is 10.0 Å². The fourth-order valence-corrected chi connectivity index (χ4v) is 5.07. The van der Waals surface area contributed by atoms with Crippen molar-refractivity contribution in [1.82, 2.24) is 0 Å². The molecule has 0 amide bonds. The highest BCUT2D eigenvalue weighted by molar-refractivity contribution is 7.92. The van der Waals surface area contributed by atoms with E-state index in [0.717, 1.165) is 31.2 Å². The third-order valence-corrected chi connectivity index (χ3v) is 6.96. The number of hydrogen-bond donors (Lipinski definition) is 1. The molecule has 32 heavy (non-hydrogen) atoms. The standard InChI is InChI=1S/C25H31NO5S/c1-5-6-7-8-9-14-30-25(27)24-19(4)31-22-13-12-20(16-21(22)24)26-32(28,29)23-15-17(2)10-11-18(23)3/h10-13,15-16,26H,5-9,14H2,1-4H3. The number of carbonyl (C=O) groups excluding carboxylic acids is 1. The third-order valence-electron chi connectivity index (χ3n) is 5.43. The molecule has 1 heterocycles. The van der Waals surface area contributed by atoms with Crippen LogP contribution in [0.2, 0.25) is 0 Å². The second-order valence-electron chi connectivity index (χ2n) is 8.17. The maximum atomic E-state index is 13.0. The number of rotatable bonds is 10. The summed E-state index contributed by atoms with van der Waals surface area (Å²) in [6.07, 6.45) is 5.32. The molecular formula is C25H31NO5S. The Kier molecular flexibility index (Phi) is 7.61. The van der Waals surface area contributed by atoms with E-state index in [1.807, 2.05) is 13.0 Å². The van der Waals surface area contributed by atoms with Gasteiger partial charge in [0, 0.05) is 11.1 Å². The Morgan fingerprint density at radius 3 is 2.50 bits per heavy atom. The molecule has 3 aromatic rings. The molecule has 2 aromatic carbocycles. The van der Waals surface area contributed by atoms with Crippen LogP contribution < -0.4 is 4.72 Å². The Labute approximate surface area is 190 Å². The van der Waals surface area contributed by atoms with Gasteiger partial charge < -0.3 is 9.15 Å². The predicted molar refractivity (Wildman–Crippen MR) is 127 cm³/mol. The van der Waals surface area contributed by atoms with E-state index in [1.54, 1.807) is 44.2 Å². The van der Waals surface area contributed by atoms with E-state index in [-0.39, 0.29) is 4.90 Å². The van der Waals surface area contributed by atoms with Crippen molar-refractivity contribution in [1.29, 1.82) is 0 Å². The summed E-state index contributed by atoms with van der Waals surface area (Å²) in [5.41, 5.74) is 2.71. The summed E-state index contributed by atoms with van der Waals surface area (Å²) in [4.78, 5) is 12.9. The summed E-state index contributed by atoms with van der Waals surface area (Å²) in [6, 6.07) is 10.2. The zero-order valence-corrected chi connectivity index (χ0v) is 20.0. The van der Waals surface area contributed by atoms with Gasteiger partial charge in [-0.25, -0.2) is 13.2 Å².